The number of carbonyl (C=O) groups is 1. The fourth-order valence-electron chi connectivity index (χ4n) is 0.933. The molecule has 1 aromatic rings. The van der Waals surface area contributed by atoms with E-state index in [0.717, 1.165) is 0 Å². The molecule has 1 aromatic carbocycles. The number of carboxylic acid groups (broad SMARTS) is 1. The van der Waals surface area contributed by atoms with Crippen molar-refractivity contribution in [3.8, 4) is 5.75 Å². The molecule has 2 N–H and O–H groups in total. The molecule has 0 bridgehead atoms. The van der Waals surface area contributed by atoms with Crippen LogP contribution in [0.2, 0.25) is 0 Å². The van der Waals surface area contributed by atoms with E-state index in [4.69, 9.17) is 10.2 Å². The summed E-state index contributed by atoms with van der Waals surface area (Å²) in [4.78, 5) is 10.2. The summed E-state index contributed by atoms with van der Waals surface area (Å²) in [7, 11) is 0. The van der Waals surface area contributed by atoms with Crippen LogP contribution in [0.25, 0.3) is 0 Å². The summed E-state index contributed by atoms with van der Waals surface area (Å²) in [5.41, 5.74) is -0.603. The number of hydrogen-bond donors (Lipinski definition) is 2. The Morgan fingerprint density at radius 3 is 2.36 bits per heavy atom. The molecule has 0 spiro atoms. The van der Waals surface area contributed by atoms with Crippen molar-refractivity contribution < 1.29 is 28.2 Å². The molecule has 76 valence electrons. The zero-order chi connectivity index (χ0) is 10.9. The summed E-state index contributed by atoms with van der Waals surface area (Å²) in [5.74, 6) is -7.57. The number of hydrogen-bond acceptors (Lipinski definition) is 2. The number of halogens is 3. The summed E-state index contributed by atoms with van der Waals surface area (Å²) in [5, 5.41) is 17.0. The van der Waals surface area contributed by atoms with Crippen LogP contribution in [-0.2, 0) is 11.2 Å². The molecule has 0 fully saturated rings. The molecule has 0 aromatic heterocycles. The number of rotatable bonds is 2. The Labute approximate surface area is 76.4 Å². The monoisotopic (exact) mass is 206 g/mol. The van der Waals surface area contributed by atoms with E-state index in [1.807, 2.05) is 0 Å². The van der Waals surface area contributed by atoms with Crippen LogP contribution >= 0.6 is 0 Å². The van der Waals surface area contributed by atoms with E-state index in [-0.39, 0.29) is 0 Å². The summed E-state index contributed by atoms with van der Waals surface area (Å²) in [6, 6.07) is 0.401. The lowest BCUT2D eigenvalue weighted by atomic mass is 10.1. The van der Waals surface area contributed by atoms with Crippen LogP contribution in [0, 0.1) is 17.5 Å². The predicted octanol–water partition coefficient (Wildman–Crippen LogP) is 1.44. The normalized spacial score (nSPS) is 10.2. The van der Waals surface area contributed by atoms with Crippen LogP contribution in [0.15, 0.2) is 6.07 Å². The molecule has 1 rings (SSSR count). The fourth-order valence-corrected chi connectivity index (χ4v) is 0.933. The van der Waals surface area contributed by atoms with Crippen molar-refractivity contribution in [2.45, 2.75) is 6.42 Å². The molecule has 0 atom stereocenters. The minimum atomic E-state index is -1.73. The molecule has 14 heavy (non-hydrogen) atoms. The Hall–Kier alpha value is -1.72. The first-order valence-electron chi connectivity index (χ1n) is 3.50. The Morgan fingerprint density at radius 2 is 1.86 bits per heavy atom. The van der Waals surface area contributed by atoms with Gasteiger partial charge in [0.15, 0.2) is 17.4 Å². The molecular formula is C8H5F3O3. The number of benzene rings is 1. The van der Waals surface area contributed by atoms with Crippen molar-refractivity contribution in [3.05, 3.63) is 29.1 Å². The maximum absolute atomic E-state index is 12.9. The Bertz CT molecular complexity index is 390. The second-order valence-electron chi connectivity index (χ2n) is 2.56. The highest BCUT2D eigenvalue weighted by Crippen LogP contribution is 2.25. The van der Waals surface area contributed by atoms with Crippen molar-refractivity contribution in [2.24, 2.45) is 0 Å². The van der Waals surface area contributed by atoms with Gasteiger partial charge in [0.05, 0.1) is 6.42 Å². The number of phenolic OH excluding ortho intramolecular Hbond substituents is 1. The minimum absolute atomic E-state index is 0.401. The molecule has 0 saturated heterocycles. The van der Waals surface area contributed by atoms with Crippen LogP contribution in [0.4, 0.5) is 13.2 Å². The molecule has 0 heterocycles. The van der Waals surface area contributed by atoms with Gasteiger partial charge in [0.1, 0.15) is 0 Å². The van der Waals surface area contributed by atoms with Gasteiger partial charge >= 0.3 is 5.97 Å². The van der Waals surface area contributed by atoms with Crippen molar-refractivity contribution in [1.29, 1.82) is 0 Å². The highest BCUT2D eigenvalue weighted by atomic mass is 19.2. The molecule has 0 saturated carbocycles. The number of phenols is 1. The summed E-state index contributed by atoms with van der Waals surface area (Å²) >= 11 is 0. The fraction of sp³-hybridized carbons (Fsp3) is 0.125. The van der Waals surface area contributed by atoms with Crippen LogP contribution in [-0.4, -0.2) is 16.2 Å². The zero-order valence-electron chi connectivity index (χ0n) is 6.72. The Balaban J connectivity index is 3.25. The molecule has 0 aliphatic heterocycles. The van der Waals surface area contributed by atoms with Crippen LogP contribution in [0.5, 0.6) is 5.75 Å². The second-order valence-corrected chi connectivity index (χ2v) is 2.56. The molecule has 0 radical (unpaired) electrons. The topological polar surface area (TPSA) is 57.5 Å². The second kappa shape index (κ2) is 3.57. The highest BCUT2D eigenvalue weighted by Gasteiger charge is 2.19. The Kier molecular flexibility index (Phi) is 2.64. The van der Waals surface area contributed by atoms with Gasteiger partial charge in [-0.1, -0.05) is 0 Å². The lowest BCUT2D eigenvalue weighted by Gasteiger charge is -2.03. The van der Waals surface area contributed by atoms with Gasteiger partial charge < -0.3 is 10.2 Å². The van der Waals surface area contributed by atoms with E-state index < -0.39 is 41.2 Å². The zero-order valence-corrected chi connectivity index (χ0v) is 6.72. The Morgan fingerprint density at radius 1 is 1.29 bits per heavy atom. The van der Waals surface area contributed by atoms with Gasteiger partial charge in [0.2, 0.25) is 5.82 Å². The van der Waals surface area contributed by atoms with E-state index in [0.29, 0.717) is 6.07 Å². The first kappa shape index (κ1) is 10.4. The lowest BCUT2D eigenvalue weighted by Crippen LogP contribution is -2.04. The molecule has 0 amide bonds. The van der Waals surface area contributed by atoms with Gasteiger partial charge in [0, 0.05) is 5.56 Å². The highest BCUT2D eigenvalue weighted by molar-refractivity contribution is 5.70. The van der Waals surface area contributed by atoms with E-state index >= 15 is 0 Å². The van der Waals surface area contributed by atoms with Crippen molar-refractivity contribution in [2.75, 3.05) is 0 Å². The molecule has 3 nitrogen and oxygen atoms in total. The van der Waals surface area contributed by atoms with Gasteiger partial charge in [-0.25, -0.2) is 8.78 Å². The van der Waals surface area contributed by atoms with Crippen molar-refractivity contribution in [3.63, 3.8) is 0 Å². The molecule has 0 unspecified atom stereocenters. The van der Waals surface area contributed by atoms with Crippen LogP contribution in [0.3, 0.4) is 0 Å². The number of carboxylic acids is 1. The standard InChI is InChI=1S/C8H5F3O3/c9-4-1-3(2-5(12)13)6(10)8(14)7(4)11/h1,14H,2H2,(H,12,13). The summed E-state index contributed by atoms with van der Waals surface area (Å²) in [6.45, 7) is 0. The molecule has 6 heteroatoms. The van der Waals surface area contributed by atoms with Crippen molar-refractivity contribution in [1.82, 2.24) is 0 Å². The SMILES string of the molecule is O=C(O)Cc1cc(F)c(F)c(O)c1F. The average Bonchev–Trinajstić information content (AvgIpc) is 2.10. The largest absolute Gasteiger partial charge is 0.503 e. The third-order valence-corrected chi connectivity index (χ3v) is 1.55. The third-order valence-electron chi connectivity index (χ3n) is 1.55. The predicted molar refractivity (Wildman–Crippen MR) is 39.3 cm³/mol. The maximum Gasteiger partial charge on any atom is 0.307 e. The number of aromatic hydroxyl groups is 1. The quantitative estimate of drug-likeness (QED) is 0.719. The van der Waals surface area contributed by atoms with Gasteiger partial charge in [-0.2, -0.15) is 4.39 Å². The van der Waals surface area contributed by atoms with Gasteiger partial charge in [-0.15, -0.1) is 0 Å². The maximum atomic E-state index is 12.9. The van der Waals surface area contributed by atoms with Crippen LogP contribution in [0.1, 0.15) is 5.56 Å². The van der Waals surface area contributed by atoms with E-state index in [2.05, 4.69) is 0 Å². The molecule has 0 aliphatic carbocycles. The van der Waals surface area contributed by atoms with Crippen LogP contribution < -0.4 is 0 Å². The third kappa shape index (κ3) is 1.78. The van der Waals surface area contributed by atoms with Gasteiger partial charge in [-0.3, -0.25) is 4.79 Å². The first-order chi connectivity index (χ1) is 6.43. The summed E-state index contributed by atoms with van der Waals surface area (Å²) < 4.78 is 38.0. The molecular weight excluding hydrogens is 201 g/mol. The summed E-state index contributed by atoms with van der Waals surface area (Å²) in [6.07, 6.45) is -0.823. The average molecular weight is 206 g/mol. The smallest absolute Gasteiger partial charge is 0.307 e. The molecule has 0 aliphatic rings. The van der Waals surface area contributed by atoms with E-state index in [1.165, 1.54) is 0 Å². The number of aliphatic carboxylic acids is 1. The van der Waals surface area contributed by atoms with Gasteiger partial charge in [0.25, 0.3) is 0 Å². The first-order valence-corrected chi connectivity index (χ1v) is 3.50. The van der Waals surface area contributed by atoms with Crippen molar-refractivity contribution >= 4 is 5.97 Å². The van der Waals surface area contributed by atoms with Gasteiger partial charge in [-0.05, 0) is 6.07 Å². The minimum Gasteiger partial charge on any atom is -0.503 e. The lowest BCUT2D eigenvalue weighted by molar-refractivity contribution is -0.136. The van der Waals surface area contributed by atoms with E-state index in [1.54, 1.807) is 0 Å². The van der Waals surface area contributed by atoms with E-state index in [9.17, 15) is 18.0 Å².